The molecule has 3 aromatic rings. The molecule has 1 aliphatic rings. The molecule has 1 fully saturated rings. The Labute approximate surface area is 154 Å². The van der Waals surface area contributed by atoms with E-state index >= 15 is 0 Å². The van der Waals surface area contributed by atoms with Crippen molar-refractivity contribution in [3.05, 3.63) is 64.9 Å². The lowest BCUT2D eigenvalue weighted by molar-refractivity contribution is -0.128. The first-order valence-electron chi connectivity index (χ1n) is 8.62. The fourth-order valence-corrected chi connectivity index (χ4v) is 3.39. The summed E-state index contributed by atoms with van der Waals surface area (Å²) >= 11 is 0. The van der Waals surface area contributed by atoms with Gasteiger partial charge in [0.05, 0.1) is 5.69 Å². The summed E-state index contributed by atoms with van der Waals surface area (Å²) in [5, 5.41) is 7.07. The summed E-state index contributed by atoms with van der Waals surface area (Å²) in [6.45, 7) is 4.34. The Kier molecular flexibility index (Phi) is 4.10. The third kappa shape index (κ3) is 3.03. The van der Waals surface area contributed by atoms with E-state index in [1.54, 1.807) is 22.7 Å². The zero-order valence-corrected chi connectivity index (χ0v) is 14.9. The van der Waals surface area contributed by atoms with Crippen molar-refractivity contribution >= 4 is 17.5 Å². The smallest absolute Gasteiger partial charge is 0.273 e. The lowest BCUT2D eigenvalue weighted by atomic mass is 10.0. The number of carbonyl (C=O) groups is 2. The van der Waals surface area contributed by atoms with Crippen LogP contribution in [0, 0.1) is 19.7 Å². The molecule has 8 heteroatoms. The molecular weight excluding hydrogens is 349 g/mol. The molecule has 0 unspecified atom stereocenters. The number of nitrogens with zero attached hydrogens (tertiary/aromatic N) is 4. The van der Waals surface area contributed by atoms with Crippen LogP contribution in [-0.4, -0.2) is 44.4 Å². The molecule has 2 aromatic heterocycles. The van der Waals surface area contributed by atoms with Crippen molar-refractivity contribution in [2.45, 2.75) is 19.9 Å². The number of hydrogen-bond acceptors (Lipinski definition) is 4. The number of halogens is 1. The standard InChI is InChI=1S/C19H18FN5O2/c1-11-8-16-22-15(9-12(2)25(16)23-11)19(27)24-7-6-21-18(26)17(24)13-4-3-5-14(20)10-13/h3-5,8-10,17H,6-7H2,1-2H3,(H,21,26)/t17-/m1/s1. The van der Waals surface area contributed by atoms with Crippen LogP contribution in [0.5, 0.6) is 0 Å². The Hall–Kier alpha value is -3.29. The zero-order chi connectivity index (χ0) is 19.1. The highest BCUT2D eigenvalue weighted by molar-refractivity contribution is 5.97. The van der Waals surface area contributed by atoms with Gasteiger partial charge < -0.3 is 10.2 Å². The molecule has 0 spiro atoms. The fraction of sp³-hybridized carbons (Fsp3) is 0.263. The van der Waals surface area contributed by atoms with Crippen molar-refractivity contribution in [3.8, 4) is 0 Å². The Bertz CT molecular complexity index is 1060. The van der Waals surface area contributed by atoms with Gasteiger partial charge in [0.25, 0.3) is 5.91 Å². The van der Waals surface area contributed by atoms with Crippen LogP contribution < -0.4 is 5.32 Å². The van der Waals surface area contributed by atoms with Crippen LogP contribution in [0.15, 0.2) is 36.4 Å². The lowest BCUT2D eigenvalue weighted by Gasteiger charge is -2.35. The highest BCUT2D eigenvalue weighted by Gasteiger charge is 2.35. The van der Waals surface area contributed by atoms with Crippen molar-refractivity contribution in [2.24, 2.45) is 0 Å². The molecule has 4 rings (SSSR count). The second-order valence-corrected chi connectivity index (χ2v) is 6.59. The quantitative estimate of drug-likeness (QED) is 0.749. The molecule has 0 aliphatic carbocycles. The molecule has 138 valence electrons. The second kappa shape index (κ2) is 6.46. The fourth-order valence-electron chi connectivity index (χ4n) is 3.39. The summed E-state index contributed by atoms with van der Waals surface area (Å²) in [6, 6.07) is 8.29. The molecular formula is C19H18FN5O2. The maximum atomic E-state index is 13.7. The van der Waals surface area contributed by atoms with Crippen molar-refractivity contribution in [1.82, 2.24) is 24.8 Å². The van der Waals surface area contributed by atoms with Gasteiger partial charge in [-0.1, -0.05) is 12.1 Å². The average Bonchev–Trinajstić information content (AvgIpc) is 3.01. The minimum atomic E-state index is -0.896. The molecule has 0 saturated carbocycles. The van der Waals surface area contributed by atoms with Crippen LogP contribution in [0.25, 0.3) is 5.65 Å². The third-order valence-electron chi connectivity index (χ3n) is 4.58. The van der Waals surface area contributed by atoms with E-state index in [2.05, 4.69) is 15.4 Å². The number of fused-ring (bicyclic) bond motifs is 1. The SMILES string of the molecule is Cc1cc2nc(C(=O)N3CCNC(=O)[C@H]3c3cccc(F)c3)cc(C)n2n1. The van der Waals surface area contributed by atoms with E-state index in [-0.39, 0.29) is 17.5 Å². The normalized spacial score (nSPS) is 17.2. The predicted octanol–water partition coefficient (Wildman–Crippen LogP) is 1.80. The van der Waals surface area contributed by atoms with Crippen molar-refractivity contribution in [1.29, 1.82) is 0 Å². The minimum absolute atomic E-state index is 0.232. The summed E-state index contributed by atoms with van der Waals surface area (Å²) < 4.78 is 15.3. The number of amides is 2. The minimum Gasteiger partial charge on any atom is -0.352 e. The first-order valence-corrected chi connectivity index (χ1v) is 8.62. The topological polar surface area (TPSA) is 79.6 Å². The Morgan fingerprint density at radius 1 is 1.26 bits per heavy atom. The molecule has 1 aliphatic heterocycles. The highest BCUT2D eigenvalue weighted by Crippen LogP contribution is 2.26. The van der Waals surface area contributed by atoms with Crippen LogP contribution in [0.3, 0.4) is 0 Å². The Morgan fingerprint density at radius 3 is 2.85 bits per heavy atom. The number of carbonyl (C=O) groups excluding carboxylic acids is 2. The van der Waals surface area contributed by atoms with E-state index < -0.39 is 11.9 Å². The molecule has 0 radical (unpaired) electrons. The molecule has 7 nitrogen and oxygen atoms in total. The van der Waals surface area contributed by atoms with Crippen LogP contribution in [0.1, 0.15) is 33.5 Å². The molecule has 1 aromatic carbocycles. The highest BCUT2D eigenvalue weighted by atomic mass is 19.1. The van der Waals surface area contributed by atoms with Gasteiger partial charge in [-0.3, -0.25) is 9.59 Å². The summed E-state index contributed by atoms with van der Waals surface area (Å²) in [7, 11) is 0. The van der Waals surface area contributed by atoms with Gasteiger partial charge in [0.1, 0.15) is 17.6 Å². The number of nitrogens with one attached hydrogen (secondary N) is 1. The number of hydrogen-bond donors (Lipinski definition) is 1. The Balaban J connectivity index is 1.75. The first-order chi connectivity index (χ1) is 12.9. The largest absolute Gasteiger partial charge is 0.352 e. The van der Waals surface area contributed by atoms with Gasteiger partial charge >= 0.3 is 0 Å². The first kappa shape index (κ1) is 17.1. The maximum absolute atomic E-state index is 13.7. The van der Waals surface area contributed by atoms with Gasteiger partial charge in [-0.15, -0.1) is 0 Å². The van der Waals surface area contributed by atoms with E-state index in [4.69, 9.17) is 0 Å². The monoisotopic (exact) mass is 367 g/mol. The summed E-state index contributed by atoms with van der Waals surface area (Å²) in [5.74, 6) is -1.16. The maximum Gasteiger partial charge on any atom is 0.273 e. The molecule has 1 saturated heterocycles. The number of aromatic nitrogens is 3. The average molecular weight is 367 g/mol. The number of piperazine rings is 1. The zero-order valence-electron chi connectivity index (χ0n) is 14.9. The van der Waals surface area contributed by atoms with Gasteiger partial charge in [-0.2, -0.15) is 5.10 Å². The third-order valence-corrected chi connectivity index (χ3v) is 4.58. The van der Waals surface area contributed by atoms with Crippen LogP contribution in [0.2, 0.25) is 0 Å². The van der Waals surface area contributed by atoms with Crippen molar-refractivity contribution in [2.75, 3.05) is 13.1 Å². The molecule has 27 heavy (non-hydrogen) atoms. The van der Waals surface area contributed by atoms with Gasteiger partial charge in [-0.25, -0.2) is 13.9 Å². The number of aryl methyl sites for hydroxylation is 2. The van der Waals surface area contributed by atoms with Crippen LogP contribution in [-0.2, 0) is 4.79 Å². The van der Waals surface area contributed by atoms with Gasteiger partial charge in [0, 0.05) is 24.8 Å². The molecule has 3 heterocycles. The summed E-state index contributed by atoms with van der Waals surface area (Å²) in [6.07, 6.45) is 0. The molecule has 1 atom stereocenters. The molecule has 2 amide bonds. The predicted molar refractivity (Wildman–Crippen MR) is 95.6 cm³/mol. The van der Waals surface area contributed by atoms with Gasteiger partial charge in [0.15, 0.2) is 5.65 Å². The van der Waals surface area contributed by atoms with E-state index in [0.29, 0.717) is 24.3 Å². The Morgan fingerprint density at radius 2 is 2.07 bits per heavy atom. The van der Waals surface area contributed by atoms with E-state index in [0.717, 1.165) is 11.4 Å². The number of benzene rings is 1. The summed E-state index contributed by atoms with van der Waals surface area (Å²) in [4.78, 5) is 31.5. The molecule has 1 N–H and O–H groups in total. The van der Waals surface area contributed by atoms with Crippen molar-refractivity contribution in [3.63, 3.8) is 0 Å². The van der Waals surface area contributed by atoms with E-state index in [9.17, 15) is 14.0 Å². The number of rotatable bonds is 2. The van der Waals surface area contributed by atoms with Crippen molar-refractivity contribution < 1.29 is 14.0 Å². The van der Waals surface area contributed by atoms with Gasteiger partial charge in [-0.05, 0) is 37.6 Å². The van der Waals surface area contributed by atoms with Gasteiger partial charge in [0.2, 0.25) is 5.91 Å². The van der Waals surface area contributed by atoms with E-state index in [1.807, 2.05) is 13.8 Å². The summed E-state index contributed by atoms with van der Waals surface area (Å²) in [5.41, 5.74) is 2.79. The van der Waals surface area contributed by atoms with E-state index in [1.165, 1.54) is 23.1 Å². The lowest BCUT2D eigenvalue weighted by Crippen LogP contribution is -2.52. The van der Waals surface area contributed by atoms with Crippen LogP contribution >= 0.6 is 0 Å². The van der Waals surface area contributed by atoms with Crippen LogP contribution in [0.4, 0.5) is 4.39 Å². The second-order valence-electron chi connectivity index (χ2n) is 6.59. The molecule has 0 bridgehead atoms.